The molecule has 1 aromatic rings. The first kappa shape index (κ1) is 16.9. The molecule has 2 saturated heterocycles. The molecule has 142 valence electrons. The van der Waals surface area contributed by atoms with Crippen molar-refractivity contribution in [3.63, 3.8) is 0 Å². The number of hydrogen-bond acceptors (Lipinski definition) is 4. The Morgan fingerprint density at radius 3 is 2.37 bits per heavy atom. The van der Waals surface area contributed by atoms with Crippen LogP contribution in [-0.2, 0) is 9.59 Å². The zero-order chi connectivity index (χ0) is 18.7. The minimum absolute atomic E-state index is 0.0298. The summed E-state index contributed by atoms with van der Waals surface area (Å²) < 4.78 is 13.1. The molecule has 5 nitrogen and oxygen atoms in total. The normalized spacial score (nSPS) is 33.0. The van der Waals surface area contributed by atoms with E-state index in [1.54, 1.807) is 12.1 Å². The van der Waals surface area contributed by atoms with Crippen LogP contribution in [-0.4, -0.2) is 54.5 Å². The summed E-state index contributed by atoms with van der Waals surface area (Å²) in [6.45, 7) is 5.68. The van der Waals surface area contributed by atoms with E-state index in [2.05, 4.69) is 22.8 Å². The van der Waals surface area contributed by atoms with E-state index < -0.39 is 0 Å². The first-order valence-electron chi connectivity index (χ1n) is 9.79. The number of fused-ring (bicyclic) bond motifs is 5. The van der Waals surface area contributed by atoms with Crippen LogP contribution >= 0.6 is 0 Å². The Balaban J connectivity index is 1.22. The van der Waals surface area contributed by atoms with E-state index in [-0.39, 0.29) is 41.3 Å². The minimum atomic E-state index is -0.229. The number of nitrogens with zero attached hydrogens (tertiary/aromatic N) is 3. The first-order valence-corrected chi connectivity index (χ1v) is 9.79. The van der Waals surface area contributed by atoms with Gasteiger partial charge in [0.25, 0.3) is 0 Å². The van der Waals surface area contributed by atoms with Crippen LogP contribution in [0.3, 0.4) is 0 Å². The van der Waals surface area contributed by atoms with E-state index in [1.807, 2.05) is 0 Å². The molecule has 0 aromatic heterocycles. The van der Waals surface area contributed by atoms with Gasteiger partial charge >= 0.3 is 0 Å². The quantitative estimate of drug-likeness (QED) is 0.605. The average Bonchev–Trinajstić information content (AvgIpc) is 3.30. The van der Waals surface area contributed by atoms with Gasteiger partial charge in [0.15, 0.2) is 0 Å². The van der Waals surface area contributed by atoms with Crippen LogP contribution in [0.2, 0.25) is 0 Å². The van der Waals surface area contributed by atoms with Crippen LogP contribution in [0.25, 0.3) is 0 Å². The van der Waals surface area contributed by atoms with Gasteiger partial charge in [0.2, 0.25) is 11.8 Å². The third-order valence-electron chi connectivity index (χ3n) is 6.88. The van der Waals surface area contributed by atoms with E-state index in [1.165, 1.54) is 22.6 Å². The molecular formula is C21H24FN3O2. The van der Waals surface area contributed by atoms with Gasteiger partial charge in [-0.3, -0.25) is 19.4 Å². The number of likely N-dealkylation sites (tertiary alicyclic amines) is 1. The van der Waals surface area contributed by atoms with Gasteiger partial charge in [0.1, 0.15) is 5.82 Å². The summed E-state index contributed by atoms with van der Waals surface area (Å²) in [5.41, 5.74) is 2.30. The third kappa shape index (κ3) is 2.61. The number of carbonyl (C=O) groups excluding carboxylic acids is 2. The van der Waals surface area contributed by atoms with Gasteiger partial charge in [-0.1, -0.05) is 11.6 Å². The lowest BCUT2D eigenvalue weighted by Gasteiger charge is -2.37. The Bertz CT molecular complexity index is 813. The minimum Gasteiger partial charge on any atom is -0.369 e. The molecule has 2 aliphatic heterocycles. The smallest absolute Gasteiger partial charge is 0.234 e. The molecule has 27 heavy (non-hydrogen) atoms. The molecule has 6 heteroatoms. The molecule has 2 bridgehead atoms. The van der Waals surface area contributed by atoms with E-state index in [0.717, 1.165) is 38.3 Å². The molecule has 0 spiro atoms. The first-order chi connectivity index (χ1) is 13.0. The molecule has 2 aliphatic carbocycles. The van der Waals surface area contributed by atoms with Crippen molar-refractivity contribution in [3.8, 4) is 0 Å². The van der Waals surface area contributed by atoms with Gasteiger partial charge in [-0.2, -0.15) is 0 Å². The zero-order valence-electron chi connectivity index (χ0n) is 15.5. The number of rotatable bonds is 3. The molecule has 1 aromatic carbocycles. The van der Waals surface area contributed by atoms with Crippen LogP contribution in [0.15, 0.2) is 35.9 Å². The highest BCUT2D eigenvalue weighted by Gasteiger charge is 2.60. The number of piperazine rings is 1. The Morgan fingerprint density at radius 1 is 1.00 bits per heavy atom. The Kier molecular flexibility index (Phi) is 3.86. The number of benzene rings is 1. The van der Waals surface area contributed by atoms with Crippen molar-refractivity contribution in [2.24, 2.45) is 23.7 Å². The summed E-state index contributed by atoms with van der Waals surface area (Å²) in [5.74, 6) is 0.133. The van der Waals surface area contributed by atoms with Crippen LogP contribution in [0.1, 0.15) is 13.3 Å². The molecule has 0 N–H and O–H groups in total. The maximum atomic E-state index is 13.1. The maximum Gasteiger partial charge on any atom is 0.234 e. The standard InChI is InChI=1S/C21H24FN3O2/c1-13-10-14-11-17(13)19-18(14)20(26)25(21(19)27)12-23-6-8-24(9-7-23)16-4-2-15(22)3-5-16/h2-5,10,14,17-19H,6-9,11-12H2,1H3/t14-,17-,18-,19-/m1/s1. The monoisotopic (exact) mass is 369 g/mol. The second-order valence-electron chi connectivity index (χ2n) is 8.30. The molecule has 0 unspecified atom stereocenters. The summed E-state index contributed by atoms with van der Waals surface area (Å²) in [7, 11) is 0. The lowest BCUT2D eigenvalue weighted by molar-refractivity contribution is -0.143. The Hall–Kier alpha value is -2.21. The maximum absolute atomic E-state index is 13.1. The van der Waals surface area contributed by atoms with Crippen molar-refractivity contribution in [3.05, 3.63) is 41.7 Å². The summed E-state index contributed by atoms with van der Waals surface area (Å²) in [6, 6.07) is 6.55. The number of amides is 2. The largest absolute Gasteiger partial charge is 0.369 e. The predicted octanol–water partition coefficient (Wildman–Crippen LogP) is 2.10. The number of allylic oxidation sites excluding steroid dienone is 2. The van der Waals surface area contributed by atoms with Crippen molar-refractivity contribution in [2.45, 2.75) is 13.3 Å². The number of carbonyl (C=O) groups is 2. The highest BCUT2D eigenvalue weighted by Crippen LogP contribution is 2.55. The second-order valence-corrected chi connectivity index (χ2v) is 8.30. The number of imide groups is 1. The van der Waals surface area contributed by atoms with Crippen LogP contribution in [0, 0.1) is 29.5 Å². The molecule has 1 saturated carbocycles. The van der Waals surface area contributed by atoms with E-state index in [9.17, 15) is 14.0 Å². The highest BCUT2D eigenvalue weighted by atomic mass is 19.1. The van der Waals surface area contributed by atoms with Crippen molar-refractivity contribution in [1.82, 2.24) is 9.80 Å². The zero-order valence-corrected chi connectivity index (χ0v) is 15.5. The molecule has 4 atom stereocenters. The van der Waals surface area contributed by atoms with Gasteiger partial charge in [0.05, 0.1) is 18.5 Å². The molecule has 0 radical (unpaired) electrons. The summed E-state index contributed by atoms with van der Waals surface area (Å²) >= 11 is 0. The summed E-state index contributed by atoms with van der Waals surface area (Å²) in [4.78, 5) is 31.7. The van der Waals surface area contributed by atoms with Crippen molar-refractivity contribution < 1.29 is 14.0 Å². The lowest BCUT2D eigenvalue weighted by Crippen LogP contribution is -2.51. The van der Waals surface area contributed by atoms with E-state index >= 15 is 0 Å². The van der Waals surface area contributed by atoms with Gasteiger partial charge in [0, 0.05) is 31.9 Å². The fourth-order valence-corrected chi connectivity index (χ4v) is 5.47. The van der Waals surface area contributed by atoms with Crippen LogP contribution in [0.5, 0.6) is 0 Å². The van der Waals surface area contributed by atoms with Gasteiger partial charge in [-0.25, -0.2) is 4.39 Å². The van der Waals surface area contributed by atoms with Crippen LogP contribution < -0.4 is 4.90 Å². The fraction of sp³-hybridized carbons (Fsp3) is 0.524. The third-order valence-corrected chi connectivity index (χ3v) is 6.88. The predicted molar refractivity (Wildman–Crippen MR) is 99.2 cm³/mol. The lowest BCUT2D eigenvalue weighted by atomic mass is 9.82. The highest BCUT2D eigenvalue weighted by molar-refractivity contribution is 6.06. The SMILES string of the molecule is CC1=C[C@@H]2C[C@H]1[C@H]1C(=O)N(CN3CCN(c4ccc(F)cc4)CC3)C(=O)[C@@H]12. The van der Waals surface area contributed by atoms with Crippen molar-refractivity contribution in [1.29, 1.82) is 0 Å². The molecule has 2 heterocycles. The Morgan fingerprint density at radius 2 is 1.67 bits per heavy atom. The molecule has 5 rings (SSSR count). The van der Waals surface area contributed by atoms with Crippen LogP contribution in [0.4, 0.5) is 10.1 Å². The van der Waals surface area contributed by atoms with E-state index in [4.69, 9.17) is 0 Å². The van der Waals surface area contributed by atoms with Gasteiger partial charge in [-0.15, -0.1) is 0 Å². The molecule has 3 fully saturated rings. The topological polar surface area (TPSA) is 43.9 Å². The van der Waals surface area contributed by atoms with E-state index in [0.29, 0.717) is 6.67 Å². The van der Waals surface area contributed by atoms with Gasteiger partial charge < -0.3 is 4.90 Å². The van der Waals surface area contributed by atoms with Crippen molar-refractivity contribution >= 4 is 17.5 Å². The number of hydrogen-bond donors (Lipinski definition) is 0. The number of halogens is 1. The van der Waals surface area contributed by atoms with Gasteiger partial charge in [-0.05, 0) is 49.4 Å². The number of anilines is 1. The molecule has 2 amide bonds. The summed E-state index contributed by atoms with van der Waals surface area (Å²) in [5, 5.41) is 0. The average molecular weight is 369 g/mol. The molecular weight excluding hydrogens is 345 g/mol. The Labute approximate surface area is 158 Å². The van der Waals surface area contributed by atoms with Crippen molar-refractivity contribution in [2.75, 3.05) is 37.7 Å². The molecule has 4 aliphatic rings. The second kappa shape index (κ2) is 6.16. The fourth-order valence-electron chi connectivity index (χ4n) is 5.47. The summed E-state index contributed by atoms with van der Waals surface area (Å²) in [6.07, 6.45) is 3.19.